The Morgan fingerprint density at radius 1 is 1.17 bits per heavy atom. The van der Waals surface area contributed by atoms with Crippen molar-refractivity contribution in [3.63, 3.8) is 0 Å². The monoisotopic (exact) mass is 308 g/mol. The third-order valence-corrected chi connectivity index (χ3v) is 3.49. The Bertz CT molecular complexity index is 861. The van der Waals surface area contributed by atoms with E-state index in [0.29, 0.717) is 22.9 Å². The Labute approximate surface area is 131 Å². The Morgan fingerprint density at radius 3 is 2.96 bits per heavy atom. The molecule has 1 aliphatic rings. The lowest BCUT2D eigenvalue weighted by Crippen LogP contribution is -2.12. The summed E-state index contributed by atoms with van der Waals surface area (Å²) in [5.41, 5.74) is 2.10. The van der Waals surface area contributed by atoms with Gasteiger partial charge in [0.05, 0.1) is 11.8 Å². The standard InChI is InChI=1S/C16H12N4O3/c21-16(11-2-1-5-17-7-11)19-15-12(8-18-20-15)10-3-4-13-14(6-10)23-9-22-13/h1-8H,9H2,(H2,18,19,20,21). The summed E-state index contributed by atoms with van der Waals surface area (Å²) < 4.78 is 10.7. The molecule has 7 heteroatoms. The van der Waals surface area contributed by atoms with E-state index in [1.807, 2.05) is 18.2 Å². The number of aromatic amines is 1. The summed E-state index contributed by atoms with van der Waals surface area (Å²) in [6.45, 7) is 0.217. The van der Waals surface area contributed by atoms with Gasteiger partial charge >= 0.3 is 0 Å². The number of nitrogens with one attached hydrogen (secondary N) is 2. The molecule has 2 N–H and O–H groups in total. The van der Waals surface area contributed by atoms with E-state index in [1.54, 1.807) is 24.5 Å². The molecule has 114 valence electrons. The second-order valence-corrected chi connectivity index (χ2v) is 4.92. The first-order valence-corrected chi connectivity index (χ1v) is 6.96. The van der Waals surface area contributed by atoms with Gasteiger partial charge in [0.2, 0.25) is 6.79 Å². The normalized spacial score (nSPS) is 12.2. The third-order valence-electron chi connectivity index (χ3n) is 3.49. The molecule has 0 radical (unpaired) electrons. The van der Waals surface area contributed by atoms with Crippen LogP contribution in [0, 0.1) is 0 Å². The maximum atomic E-state index is 12.2. The molecule has 2 aromatic heterocycles. The molecule has 0 saturated heterocycles. The number of amides is 1. The van der Waals surface area contributed by atoms with Crippen LogP contribution in [-0.2, 0) is 0 Å². The third kappa shape index (κ3) is 2.48. The van der Waals surface area contributed by atoms with Gasteiger partial charge in [0.1, 0.15) is 5.82 Å². The van der Waals surface area contributed by atoms with Gasteiger partial charge in [0.25, 0.3) is 5.91 Å². The number of pyridine rings is 1. The van der Waals surface area contributed by atoms with E-state index < -0.39 is 0 Å². The van der Waals surface area contributed by atoms with Crippen molar-refractivity contribution in [2.45, 2.75) is 0 Å². The van der Waals surface area contributed by atoms with Gasteiger partial charge in [-0.05, 0) is 29.8 Å². The lowest BCUT2D eigenvalue weighted by Gasteiger charge is -2.06. The second-order valence-electron chi connectivity index (χ2n) is 4.92. The first-order chi connectivity index (χ1) is 11.3. The Hall–Kier alpha value is -3.35. The topological polar surface area (TPSA) is 89.1 Å². The molecule has 0 aliphatic carbocycles. The second kappa shape index (κ2) is 5.45. The van der Waals surface area contributed by atoms with E-state index in [-0.39, 0.29) is 12.7 Å². The van der Waals surface area contributed by atoms with Gasteiger partial charge in [-0.15, -0.1) is 0 Å². The molecule has 0 spiro atoms. The predicted molar refractivity (Wildman–Crippen MR) is 82.3 cm³/mol. The zero-order valence-electron chi connectivity index (χ0n) is 11.9. The highest BCUT2D eigenvalue weighted by Gasteiger charge is 2.17. The van der Waals surface area contributed by atoms with E-state index in [0.717, 1.165) is 11.1 Å². The number of anilines is 1. The summed E-state index contributed by atoms with van der Waals surface area (Å²) in [5, 5.41) is 9.61. The summed E-state index contributed by atoms with van der Waals surface area (Å²) >= 11 is 0. The molecule has 7 nitrogen and oxygen atoms in total. The van der Waals surface area contributed by atoms with Crippen molar-refractivity contribution >= 4 is 11.7 Å². The van der Waals surface area contributed by atoms with Gasteiger partial charge in [-0.3, -0.25) is 14.9 Å². The summed E-state index contributed by atoms with van der Waals surface area (Å²) in [4.78, 5) is 16.2. The zero-order valence-corrected chi connectivity index (χ0v) is 11.9. The molecule has 0 fully saturated rings. The van der Waals surface area contributed by atoms with Crippen LogP contribution in [0.15, 0.2) is 48.9 Å². The number of nitrogens with zero attached hydrogens (tertiary/aromatic N) is 2. The summed E-state index contributed by atoms with van der Waals surface area (Å²) in [6, 6.07) is 8.97. The molecule has 3 aromatic rings. The van der Waals surface area contributed by atoms with Gasteiger partial charge in [-0.2, -0.15) is 5.10 Å². The van der Waals surface area contributed by atoms with Crippen LogP contribution < -0.4 is 14.8 Å². The molecular formula is C16H12N4O3. The number of rotatable bonds is 3. The molecule has 0 atom stereocenters. The van der Waals surface area contributed by atoms with Crippen LogP contribution in [0.2, 0.25) is 0 Å². The highest BCUT2D eigenvalue weighted by Crippen LogP contribution is 2.37. The Morgan fingerprint density at radius 2 is 2.09 bits per heavy atom. The van der Waals surface area contributed by atoms with Crippen LogP contribution in [0.4, 0.5) is 5.82 Å². The van der Waals surface area contributed by atoms with E-state index in [1.165, 1.54) is 6.20 Å². The average Bonchev–Trinajstić information content (AvgIpc) is 3.23. The maximum Gasteiger partial charge on any atom is 0.258 e. The van der Waals surface area contributed by atoms with Gasteiger partial charge in [-0.1, -0.05) is 6.07 Å². The van der Waals surface area contributed by atoms with E-state index in [2.05, 4.69) is 20.5 Å². The van der Waals surface area contributed by atoms with Crippen LogP contribution >= 0.6 is 0 Å². The Balaban J connectivity index is 1.63. The van der Waals surface area contributed by atoms with Gasteiger partial charge in [0, 0.05) is 18.0 Å². The summed E-state index contributed by atoms with van der Waals surface area (Å²) in [6.07, 6.45) is 4.77. The quantitative estimate of drug-likeness (QED) is 0.776. The number of carbonyl (C=O) groups excluding carboxylic acids is 1. The SMILES string of the molecule is O=C(Nc1[nH]ncc1-c1ccc2c(c1)OCO2)c1cccnc1. The lowest BCUT2D eigenvalue weighted by atomic mass is 10.1. The molecule has 0 bridgehead atoms. The highest BCUT2D eigenvalue weighted by molar-refractivity contribution is 6.05. The van der Waals surface area contributed by atoms with Gasteiger partial charge in [-0.25, -0.2) is 0 Å². The number of ether oxygens (including phenoxy) is 2. The van der Waals surface area contributed by atoms with Crippen LogP contribution in [0.5, 0.6) is 11.5 Å². The first-order valence-electron chi connectivity index (χ1n) is 6.96. The van der Waals surface area contributed by atoms with Crippen molar-refractivity contribution in [3.05, 3.63) is 54.5 Å². The van der Waals surface area contributed by atoms with Crippen molar-refractivity contribution in [1.29, 1.82) is 0 Å². The fourth-order valence-electron chi connectivity index (χ4n) is 2.35. The van der Waals surface area contributed by atoms with Crippen LogP contribution in [0.1, 0.15) is 10.4 Å². The molecule has 1 aromatic carbocycles. The first kappa shape index (κ1) is 13.3. The zero-order chi connectivity index (χ0) is 15.6. The predicted octanol–water partition coefficient (Wildman–Crippen LogP) is 2.45. The van der Waals surface area contributed by atoms with Crippen molar-refractivity contribution in [1.82, 2.24) is 15.2 Å². The summed E-state index contributed by atoms with van der Waals surface area (Å²) in [5.74, 6) is 1.63. The van der Waals surface area contributed by atoms with Crippen molar-refractivity contribution in [2.24, 2.45) is 0 Å². The minimum atomic E-state index is -0.260. The van der Waals surface area contributed by atoms with Crippen molar-refractivity contribution < 1.29 is 14.3 Å². The molecule has 0 saturated carbocycles. The smallest absolute Gasteiger partial charge is 0.258 e. The number of H-pyrrole nitrogens is 1. The number of aromatic nitrogens is 3. The molecule has 4 rings (SSSR count). The average molecular weight is 308 g/mol. The van der Waals surface area contributed by atoms with Crippen LogP contribution in [0.3, 0.4) is 0 Å². The number of fused-ring (bicyclic) bond motifs is 1. The van der Waals surface area contributed by atoms with E-state index in [4.69, 9.17) is 9.47 Å². The highest BCUT2D eigenvalue weighted by atomic mass is 16.7. The minimum absolute atomic E-state index is 0.217. The van der Waals surface area contributed by atoms with Gasteiger partial charge < -0.3 is 14.8 Å². The molecule has 1 amide bonds. The molecule has 1 aliphatic heterocycles. The van der Waals surface area contributed by atoms with E-state index in [9.17, 15) is 4.79 Å². The lowest BCUT2D eigenvalue weighted by molar-refractivity contribution is 0.102. The van der Waals surface area contributed by atoms with Crippen molar-refractivity contribution in [2.75, 3.05) is 12.1 Å². The van der Waals surface area contributed by atoms with Crippen LogP contribution in [-0.4, -0.2) is 27.9 Å². The summed E-state index contributed by atoms with van der Waals surface area (Å²) in [7, 11) is 0. The maximum absolute atomic E-state index is 12.2. The molecule has 23 heavy (non-hydrogen) atoms. The fraction of sp³-hybridized carbons (Fsp3) is 0.0625. The van der Waals surface area contributed by atoms with E-state index >= 15 is 0 Å². The fourth-order valence-corrected chi connectivity index (χ4v) is 2.35. The largest absolute Gasteiger partial charge is 0.454 e. The van der Waals surface area contributed by atoms with Crippen LogP contribution in [0.25, 0.3) is 11.1 Å². The number of hydrogen-bond acceptors (Lipinski definition) is 5. The molecule has 0 unspecified atom stereocenters. The number of benzene rings is 1. The molecular weight excluding hydrogens is 296 g/mol. The minimum Gasteiger partial charge on any atom is -0.454 e. The van der Waals surface area contributed by atoms with Crippen molar-refractivity contribution in [3.8, 4) is 22.6 Å². The Kier molecular flexibility index (Phi) is 3.16. The van der Waals surface area contributed by atoms with Gasteiger partial charge in [0.15, 0.2) is 11.5 Å². The number of carbonyl (C=O) groups is 1. The molecule has 3 heterocycles. The number of hydrogen-bond donors (Lipinski definition) is 2.